The van der Waals surface area contributed by atoms with Crippen LogP contribution in [0.25, 0.3) is 60.5 Å². The van der Waals surface area contributed by atoms with Gasteiger partial charge in [-0.3, -0.25) is 4.79 Å². The third-order valence-corrected chi connectivity index (χ3v) is 18.1. The lowest BCUT2D eigenvalue weighted by molar-refractivity contribution is -0.143. The Hall–Kier alpha value is -4.29. The number of benzene rings is 6. The van der Waals surface area contributed by atoms with Gasteiger partial charge in [-0.15, -0.1) is 69.3 Å². The molecule has 0 spiro atoms. The van der Waals surface area contributed by atoms with Crippen molar-refractivity contribution < 1.29 is 14.3 Å². The van der Waals surface area contributed by atoms with E-state index >= 15 is 0 Å². The van der Waals surface area contributed by atoms with Gasteiger partial charge >= 0.3 is 5.97 Å². The van der Waals surface area contributed by atoms with E-state index in [0.717, 1.165) is 23.3 Å². The number of thioether (sulfide) groups is 3. The summed E-state index contributed by atoms with van der Waals surface area (Å²) in [7, 11) is 0. The van der Waals surface area contributed by atoms with Gasteiger partial charge in [0.1, 0.15) is 0 Å². The average molecular weight is 842 g/mol. The number of rotatable bonds is 14. The quantitative estimate of drug-likeness (QED) is 0.0669. The van der Waals surface area contributed by atoms with Crippen LogP contribution in [0.1, 0.15) is 0 Å². The van der Waals surface area contributed by atoms with Crippen LogP contribution in [0.2, 0.25) is 0 Å². The van der Waals surface area contributed by atoms with Crippen molar-refractivity contribution in [2.24, 2.45) is 5.41 Å². The number of hydrogen-bond acceptors (Lipinski definition) is 9. The second-order valence-corrected chi connectivity index (χ2v) is 19.9. The topological polar surface area (TPSA) is 55.4 Å². The van der Waals surface area contributed by atoms with E-state index in [2.05, 4.69) is 139 Å². The van der Waals surface area contributed by atoms with Crippen LogP contribution in [0, 0.1) is 5.41 Å². The maximum atomic E-state index is 13.3. The van der Waals surface area contributed by atoms with Gasteiger partial charge in [-0.1, -0.05) is 97.6 Å². The van der Waals surface area contributed by atoms with Crippen LogP contribution in [-0.2, 0) is 14.3 Å². The third-order valence-electron chi connectivity index (χ3n) is 9.88. The Morgan fingerprint density at radius 2 is 0.929 bits per heavy atom. The third kappa shape index (κ3) is 7.46. The molecule has 56 heavy (non-hydrogen) atoms. The van der Waals surface area contributed by atoms with Crippen molar-refractivity contribution in [3.05, 3.63) is 140 Å². The van der Waals surface area contributed by atoms with Crippen molar-refractivity contribution in [3.63, 3.8) is 0 Å². The molecule has 9 rings (SSSR count). The molecular weight excluding hydrogens is 807 g/mol. The zero-order valence-corrected chi connectivity index (χ0v) is 35.0. The van der Waals surface area contributed by atoms with Gasteiger partial charge in [0.25, 0.3) is 5.91 Å². The highest BCUT2D eigenvalue weighted by Gasteiger charge is 2.33. The van der Waals surface area contributed by atoms with Gasteiger partial charge in [0.15, 0.2) is 6.61 Å². The summed E-state index contributed by atoms with van der Waals surface area (Å²) in [5.74, 6) is 1.35. The van der Waals surface area contributed by atoms with Crippen LogP contribution >= 0.6 is 69.3 Å². The molecule has 0 aliphatic heterocycles. The van der Waals surface area contributed by atoms with E-state index in [-0.39, 0.29) is 17.9 Å². The average Bonchev–Trinajstić information content (AvgIpc) is 3.94. The van der Waals surface area contributed by atoms with Gasteiger partial charge in [0.2, 0.25) is 0 Å². The highest BCUT2D eigenvalue weighted by Crippen LogP contribution is 2.47. The van der Waals surface area contributed by atoms with Crippen molar-refractivity contribution >= 4 is 142 Å². The molecule has 0 aliphatic carbocycles. The predicted octanol–water partition coefficient (Wildman–Crippen LogP) is 13.3. The Kier molecular flexibility index (Phi) is 10.8. The monoisotopic (exact) mass is 841 g/mol. The number of ether oxygens (including phenoxy) is 1. The number of esters is 1. The molecule has 0 radical (unpaired) electrons. The molecule has 0 unspecified atom stereocenters. The second-order valence-electron chi connectivity index (χ2n) is 13.6. The van der Waals surface area contributed by atoms with E-state index < -0.39 is 5.97 Å². The molecule has 1 amide bonds. The van der Waals surface area contributed by atoms with Crippen LogP contribution in [0.5, 0.6) is 0 Å². The van der Waals surface area contributed by atoms with E-state index in [1.807, 2.05) is 69.3 Å². The number of nitrogens with one attached hydrogen (secondary N) is 1. The molecule has 0 saturated carbocycles. The van der Waals surface area contributed by atoms with Gasteiger partial charge in [-0.25, -0.2) is 4.79 Å². The Morgan fingerprint density at radius 1 is 0.554 bits per heavy atom. The number of hydrogen-bond donors (Lipinski definition) is 1. The molecule has 0 aliphatic rings. The number of fused-ring (bicyclic) bond motifs is 9. The van der Waals surface area contributed by atoms with E-state index in [0.29, 0.717) is 6.54 Å². The lowest BCUT2D eigenvalue weighted by Gasteiger charge is -2.34. The molecule has 278 valence electrons. The highest BCUT2D eigenvalue weighted by molar-refractivity contribution is 8.01. The van der Waals surface area contributed by atoms with E-state index in [9.17, 15) is 9.59 Å². The van der Waals surface area contributed by atoms with E-state index in [4.69, 9.17) is 4.74 Å². The summed E-state index contributed by atoms with van der Waals surface area (Å²) in [4.78, 5) is 28.9. The summed E-state index contributed by atoms with van der Waals surface area (Å²) in [6.45, 7) is 3.54. The fourth-order valence-electron chi connectivity index (χ4n) is 7.01. The zero-order valence-electron chi connectivity index (χ0n) is 30.1. The molecule has 3 aromatic heterocycles. The van der Waals surface area contributed by atoms with E-state index in [1.165, 1.54) is 75.2 Å². The van der Waals surface area contributed by atoms with Crippen molar-refractivity contribution in [2.75, 3.05) is 30.4 Å². The van der Waals surface area contributed by atoms with Crippen LogP contribution in [0.15, 0.2) is 155 Å². The molecule has 9 aromatic rings. The van der Waals surface area contributed by atoms with Crippen LogP contribution < -0.4 is 5.32 Å². The van der Waals surface area contributed by atoms with E-state index in [1.54, 1.807) is 0 Å². The fourth-order valence-corrected chi connectivity index (χ4v) is 15.2. The molecule has 0 atom stereocenters. The maximum absolute atomic E-state index is 13.3. The molecule has 0 fully saturated rings. The number of thiophene rings is 3. The van der Waals surface area contributed by atoms with Crippen molar-refractivity contribution in [1.29, 1.82) is 0 Å². The molecule has 4 nitrogen and oxygen atoms in total. The standard InChI is InChI=1S/C46H35NO3S6/c1-2-42(49)50-24-41(48)47-25-46(26-51-38-21-9-15-32-29-12-3-6-18-35(29)54-43(32)38,27-52-39-22-10-16-33-30-13-4-7-19-36(30)55-44(33)39)28-53-40-23-11-17-34-31-14-5-8-20-37(31)56-45(34)40/h2-23H,1,24-28H2,(H,47,48). The lowest BCUT2D eigenvalue weighted by atomic mass is 9.95. The molecule has 6 aromatic carbocycles. The molecule has 0 saturated heterocycles. The maximum Gasteiger partial charge on any atom is 0.330 e. The van der Waals surface area contributed by atoms with Gasteiger partial charge in [0.05, 0.1) is 0 Å². The molecule has 0 bridgehead atoms. The minimum Gasteiger partial charge on any atom is -0.452 e. The smallest absolute Gasteiger partial charge is 0.330 e. The van der Waals surface area contributed by atoms with Gasteiger partial charge in [-0.05, 0) is 36.4 Å². The first kappa shape index (κ1) is 37.3. The number of carbonyl (C=O) groups is 2. The lowest BCUT2D eigenvalue weighted by Crippen LogP contribution is -2.44. The summed E-state index contributed by atoms with van der Waals surface area (Å²) >= 11 is 11.1. The largest absolute Gasteiger partial charge is 0.452 e. The Labute approximate surface area is 349 Å². The van der Waals surface area contributed by atoms with Crippen LogP contribution in [0.3, 0.4) is 0 Å². The van der Waals surface area contributed by atoms with Crippen LogP contribution in [0.4, 0.5) is 0 Å². The zero-order chi connectivity index (χ0) is 38.1. The SMILES string of the molecule is C=CC(=O)OCC(=O)NCC(CSc1cccc2c1sc1ccccc12)(CSc1cccc2c1sc1ccccc12)CSc1cccc2c1sc1ccccc12. The van der Waals surface area contributed by atoms with Gasteiger partial charge in [0, 0.05) is 110 Å². The highest BCUT2D eigenvalue weighted by atomic mass is 32.2. The minimum absolute atomic E-state index is 0.325. The first-order valence-electron chi connectivity index (χ1n) is 18.1. The number of carbonyl (C=O) groups excluding carboxylic acids is 2. The number of amides is 1. The van der Waals surface area contributed by atoms with Gasteiger partial charge < -0.3 is 10.1 Å². The summed E-state index contributed by atoms with van der Waals surface area (Å²) in [6, 6.07) is 45.7. The molecule has 10 heteroatoms. The molecule has 3 heterocycles. The minimum atomic E-state index is -0.614. The summed E-state index contributed by atoms with van der Waals surface area (Å²) in [5.41, 5.74) is -0.380. The Bertz CT molecular complexity index is 2640. The molecular formula is C46H35NO3S6. The van der Waals surface area contributed by atoms with Crippen LogP contribution in [-0.4, -0.2) is 42.3 Å². The normalized spacial score (nSPS) is 12.0. The van der Waals surface area contributed by atoms with Crippen molar-refractivity contribution in [3.8, 4) is 0 Å². The molecule has 1 N–H and O–H groups in total. The summed E-state index contributed by atoms with van der Waals surface area (Å²) in [6.07, 6.45) is 1.08. The first-order valence-corrected chi connectivity index (χ1v) is 23.5. The Morgan fingerprint density at radius 3 is 1.32 bits per heavy atom. The Balaban J connectivity index is 1.10. The van der Waals surface area contributed by atoms with Crippen molar-refractivity contribution in [2.45, 2.75) is 14.7 Å². The first-order chi connectivity index (χ1) is 27.5. The summed E-state index contributed by atoms with van der Waals surface area (Å²) in [5, 5.41) is 10.9. The predicted molar refractivity (Wildman–Crippen MR) is 247 cm³/mol. The van der Waals surface area contributed by atoms with Gasteiger partial charge in [-0.2, -0.15) is 0 Å². The van der Waals surface area contributed by atoms with Crippen molar-refractivity contribution in [1.82, 2.24) is 5.32 Å². The summed E-state index contributed by atoms with van der Waals surface area (Å²) < 4.78 is 12.9. The second kappa shape index (κ2) is 16.3. The fraction of sp³-hybridized carbons (Fsp3) is 0.130.